The predicted molar refractivity (Wildman–Crippen MR) is 167 cm³/mol. The lowest BCUT2D eigenvalue weighted by Crippen LogP contribution is -2.52. The molecule has 12 heteroatoms. The normalized spacial score (nSPS) is 21.2. The van der Waals surface area contributed by atoms with Crippen LogP contribution < -0.4 is 16.8 Å². The molecule has 3 aromatic rings. The SMILES string of the molecule is CC1[C@@H](C)C[C@@H](C#N)N1C(=O)CN[C@@H](CC1(c2nn[nH]n2)c2ccc(C(N)=O)cc2CCc2cc(C(N)=O)ccc21)C(C)(C)C. The van der Waals surface area contributed by atoms with Gasteiger partial charge in [-0.25, -0.2) is 0 Å². The van der Waals surface area contributed by atoms with Gasteiger partial charge in [0.05, 0.1) is 18.0 Å². The molecule has 6 N–H and O–H groups in total. The van der Waals surface area contributed by atoms with Gasteiger partial charge in [-0.1, -0.05) is 45.0 Å². The second-order valence-corrected chi connectivity index (χ2v) is 13.5. The number of aromatic amines is 1. The summed E-state index contributed by atoms with van der Waals surface area (Å²) in [6.45, 7) is 10.4. The number of rotatable bonds is 8. The van der Waals surface area contributed by atoms with Gasteiger partial charge >= 0.3 is 0 Å². The lowest BCUT2D eigenvalue weighted by Gasteiger charge is -2.41. The number of primary amides is 2. The average Bonchev–Trinajstić information content (AvgIpc) is 3.60. The predicted octanol–water partition coefficient (Wildman–Crippen LogP) is 2.37. The van der Waals surface area contributed by atoms with Crippen molar-refractivity contribution in [3.8, 4) is 6.07 Å². The Hall–Kier alpha value is -4.63. The number of tetrazole rings is 1. The Bertz CT molecular complexity index is 1590. The number of fused-ring (bicyclic) bond motifs is 2. The van der Waals surface area contributed by atoms with Gasteiger partial charge < -0.3 is 21.7 Å². The number of benzene rings is 2. The number of likely N-dealkylation sites (tertiary alicyclic amines) is 1. The Kier molecular flexibility index (Phi) is 8.51. The van der Waals surface area contributed by atoms with Crippen LogP contribution in [0.1, 0.15) is 96.3 Å². The molecule has 0 bridgehead atoms. The first-order valence-electron chi connectivity index (χ1n) is 15.3. The van der Waals surface area contributed by atoms with Crippen LogP contribution in [0, 0.1) is 22.7 Å². The molecule has 1 fully saturated rings. The summed E-state index contributed by atoms with van der Waals surface area (Å²) in [7, 11) is 0. The largest absolute Gasteiger partial charge is 0.366 e. The van der Waals surface area contributed by atoms with Crippen molar-refractivity contribution < 1.29 is 14.4 Å². The molecule has 2 aromatic carbocycles. The van der Waals surface area contributed by atoms with Crippen molar-refractivity contribution >= 4 is 17.7 Å². The van der Waals surface area contributed by atoms with Gasteiger partial charge in [0.2, 0.25) is 17.7 Å². The molecule has 0 radical (unpaired) electrons. The number of nitriles is 1. The molecule has 2 heterocycles. The van der Waals surface area contributed by atoms with Gasteiger partial charge in [0, 0.05) is 23.2 Å². The van der Waals surface area contributed by atoms with Crippen molar-refractivity contribution in [2.75, 3.05) is 6.54 Å². The minimum absolute atomic E-state index is 0.0396. The molecule has 0 spiro atoms. The van der Waals surface area contributed by atoms with Crippen molar-refractivity contribution in [1.82, 2.24) is 30.8 Å². The lowest BCUT2D eigenvalue weighted by atomic mass is 9.65. The summed E-state index contributed by atoms with van der Waals surface area (Å²) in [6.07, 6.45) is 2.19. The standard InChI is InChI=1S/C33H41N9O3/c1-18-12-24(16-34)42(19(18)2)28(43)17-37-27(32(3,4)5)15-33(31-38-40-41-39-31)25-10-8-22(29(35)44)13-20(25)6-7-21-14-23(30(36)45)9-11-26(21)33/h8-11,13-14,18-19,24,27,37H,6-7,12,15,17H2,1-5H3,(H2,35,44)(H2,36,45)(H,38,39,40,41)/t18-,19?,24-,27-/m0/s1. The Balaban J connectivity index is 1.65. The van der Waals surface area contributed by atoms with Crippen LogP contribution >= 0.6 is 0 Å². The molecule has 45 heavy (non-hydrogen) atoms. The van der Waals surface area contributed by atoms with Crippen LogP contribution in [0.25, 0.3) is 0 Å². The number of hydrogen-bond donors (Lipinski definition) is 4. The first-order valence-corrected chi connectivity index (χ1v) is 15.3. The van der Waals surface area contributed by atoms with Crippen LogP contribution in [-0.2, 0) is 23.1 Å². The summed E-state index contributed by atoms with van der Waals surface area (Å²) < 4.78 is 0. The number of amides is 3. The summed E-state index contributed by atoms with van der Waals surface area (Å²) in [4.78, 5) is 39.8. The first-order chi connectivity index (χ1) is 21.3. The second kappa shape index (κ2) is 12.0. The summed E-state index contributed by atoms with van der Waals surface area (Å²) in [5, 5.41) is 28.9. The number of hydrogen-bond acceptors (Lipinski definition) is 8. The molecule has 0 saturated carbocycles. The fraction of sp³-hybridized carbons (Fsp3) is 0.485. The molecule has 5 rings (SSSR count). The zero-order valence-electron chi connectivity index (χ0n) is 26.4. The summed E-state index contributed by atoms with van der Waals surface area (Å²) in [6, 6.07) is 12.4. The van der Waals surface area contributed by atoms with Crippen LogP contribution in [0.2, 0.25) is 0 Å². The number of nitrogens with two attached hydrogens (primary N) is 2. The van der Waals surface area contributed by atoms with E-state index >= 15 is 0 Å². The van der Waals surface area contributed by atoms with Crippen molar-refractivity contribution in [3.05, 3.63) is 75.6 Å². The molecule has 1 saturated heterocycles. The quantitative estimate of drug-likeness (QED) is 0.298. The van der Waals surface area contributed by atoms with Gasteiger partial charge in [-0.3, -0.25) is 14.4 Å². The lowest BCUT2D eigenvalue weighted by molar-refractivity contribution is -0.132. The Morgan fingerprint density at radius 2 is 1.64 bits per heavy atom. The molecular formula is C33H41N9O3. The zero-order chi connectivity index (χ0) is 32.7. The molecule has 1 aliphatic heterocycles. The van der Waals surface area contributed by atoms with Crippen LogP contribution in [0.15, 0.2) is 36.4 Å². The average molecular weight is 612 g/mol. The van der Waals surface area contributed by atoms with Crippen molar-refractivity contribution in [3.63, 3.8) is 0 Å². The number of carbonyl (C=O) groups is 3. The summed E-state index contributed by atoms with van der Waals surface area (Å²) in [5.41, 5.74) is 14.3. The summed E-state index contributed by atoms with van der Waals surface area (Å²) >= 11 is 0. The third-order valence-electron chi connectivity index (χ3n) is 9.78. The Morgan fingerprint density at radius 3 is 2.11 bits per heavy atom. The molecular weight excluding hydrogens is 570 g/mol. The molecule has 236 valence electrons. The highest BCUT2D eigenvalue weighted by atomic mass is 16.2. The smallest absolute Gasteiger partial charge is 0.248 e. The molecule has 3 amide bonds. The molecule has 4 atom stereocenters. The molecule has 1 aliphatic carbocycles. The van der Waals surface area contributed by atoms with Crippen molar-refractivity contribution in [2.24, 2.45) is 22.8 Å². The van der Waals surface area contributed by atoms with Crippen LogP contribution in [0.3, 0.4) is 0 Å². The fourth-order valence-corrected chi connectivity index (χ4v) is 7.08. The van der Waals surface area contributed by atoms with E-state index < -0.39 is 23.3 Å². The molecule has 1 aromatic heterocycles. The second-order valence-electron chi connectivity index (χ2n) is 13.5. The molecule has 1 unspecified atom stereocenters. The minimum Gasteiger partial charge on any atom is -0.366 e. The number of nitrogens with one attached hydrogen (secondary N) is 2. The van der Waals surface area contributed by atoms with E-state index in [4.69, 9.17) is 11.5 Å². The number of aromatic nitrogens is 4. The van der Waals surface area contributed by atoms with Crippen molar-refractivity contribution in [2.45, 2.75) is 83.8 Å². The van der Waals surface area contributed by atoms with Crippen LogP contribution in [0.4, 0.5) is 0 Å². The monoisotopic (exact) mass is 611 g/mol. The number of aryl methyl sites for hydroxylation is 2. The number of carbonyl (C=O) groups excluding carboxylic acids is 3. The van der Waals surface area contributed by atoms with Gasteiger partial charge in [0.25, 0.3) is 0 Å². The van der Waals surface area contributed by atoms with Crippen molar-refractivity contribution in [1.29, 1.82) is 5.26 Å². The van der Waals surface area contributed by atoms with Crippen LogP contribution in [-0.4, -0.2) is 67.9 Å². The number of H-pyrrole nitrogens is 1. The topological polar surface area (TPSA) is 197 Å². The Morgan fingerprint density at radius 1 is 1.07 bits per heavy atom. The van der Waals surface area contributed by atoms with Gasteiger partial charge in [-0.05, 0) is 90.5 Å². The van der Waals surface area contributed by atoms with E-state index in [1.54, 1.807) is 17.0 Å². The highest BCUT2D eigenvalue weighted by Crippen LogP contribution is 2.48. The first kappa shape index (κ1) is 31.8. The van der Waals surface area contributed by atoms with Gasteiger partial charge in [-0.15, -0.1) is 10.2 Å². The van der Waals surface area contributed by atoms with E-state index in [9.17, 15) is 19.6 Å². The van der Waals surface area contributed by atoms with Gasteiger partial charge in [0.1, 0.15) is 6.04 Å². The number of nitrogens with zero attached hydrogens (tertiary/aromatic N) is 5. The fourth-order valence-electron chi connectivity index (χ4n) is 7.08. The van der Waals surface area contributed by atoms with E-state index in [1.165, 1.54) is 0 Å². The van der Waals surface area contributed by atoms with E-state index in [-0.39, 0.29) is 35.9 Å². The van der Waals surface area contributed by atoms with E-state index in [2.05, 4.69) is 59.7 Å². The summed E-state index contributed by atoms with van der Waals surface area (Å²) in [5.74, 6) is -0.545. The minimum atomic E-state index is -1.00. The van der Waals surface area contributed by atoms with E-state index in [0.717, 1.165) is 22.3 Å². The van der Waals surface area contributed by atoms with Gasteiger partial charge in [0.15, 0.2) is 5.82 Å². The molecule has 12 nitrogen and oxygen atoms in total. The highest BCUT2D eigenvalue weighted by molar-refractivity contribution is 5.94. The maximum atomic E-state index is 13.6. The van der Waals surface area contributed by atoms with Crippen LogP contribution in [0.5, 0.6) is 0 Å². The van der Waals surface area contributed by atoms with Gasteiger partial charge in [-0.2, -0.15) is 10.5 Å². The molecule has 2 aliphatic rings. The zero-order valence-corrected chi connectivity index (χ0v) is 26.4. The maximum Gasteiger partial charge on any atom is 0.248 e. The maximum absolute atomic E-state index is 13.6. The highest BCUT2D eigenvalue weighted by Gasteiger charge is 2.48. The Labute approximate surface area is 262 Å². The van der Waals surface area contributed by atoms with E-state index in [0.29, 0.717) is 42.6 Å². The third kappa shape index (κ3) is 5.80. The van der Waals surface area contributed by atoms with E-state index in [1.807, 2.05) is 31.2 Å². The third-order valence-corrected chi connectivity index (χ3v) is 9.78.